The molecule has 3 nitrogen and oxygen atoms in total. The average molecular weight is 272 g/mol. The summed E-state index contributed by atoms with van der Waals surface area (Å²) < 4.78 is 0. The highest BCUT2D eigenvalue weighted by atomic mass is 32.1. The van der Waals surface area contributed by atoms with Crippen molar-refractivity contribution in [1.82, 2.24) is 4.90 Å². The van der Waals surface area contributed by atoms with Crippen LogP contribution in [0.1, 0.15) is 17.9 Å². The minimum Gasteiger partial charge on any atom is -0.324 e. The van der Waals surface area contributed by atoms with Gasteiger partial charge in [-0.3, -0.25) is 5.32 Å². The summed E-state index contributed by atoms with van der Waals surface area (Å²) in [6.07, 6.45) is 1.04. The summed E-state index contributed by atoms with van der Waals surface area (Å²) in [5.74, 6) is 0.468. The lowest BCUT2D eigenvalue weighted by molar-refractivity contribution is 0.222. The predicted molar refractivity (Wildman–Crippen MR) is 78.7 cm³/mol. The molecule has 1 atom stereocenters. The lowest BCUT2D eigenvalue weighted by Crippen LogP contribution is -2.32. The van der Waals surface area contributed by atoms with E-state index in [1.54, 1.807) is 11.3 Å². The number of benzene rings is 1. The molecule has 98 valence electrons. The fourth-order valence-electron chi connectivity index (χ4n) is 2.48. The number of rotatable bonds is 2. The van der Waals surface area contributed by atoms with Crippen LogP contribution < -0.4 is 5.32 Å². The van der Waals surface area contributed by atoms with Gasteiger partial charge in [0.05, 0.1) is 5.00 Å². The van der Waals surface area contributed by atoms with E-state index < -0.39 is 0 Å². The van der Waals surface area contributed by atoms with Crippen molar-refractivity contribution in [3.8, 4) is 0 Å². The Kier molecular flexibility index (Phi) is 3.51. The summed E-state index contributed by atoms with van der Waals surface area (Å²) in [5, 5.41) is 5.82. The molecular weight excluding hydrogens is 256 g/mol. The molecule has 19 heavy (non-hydrogen) atoms. The van der Waals surface area contributed by atoms with Gasteiger partial charge in [0.15, 0.2) is 0 Å². The van der Waals surface area contributed by atoms with Gasteiger partial charge in [-0.2, -0.15) is 0 Å². The minimum absolute atomic E-state index is 0.0147. The lowest BCUT2D eigenvalue weighted by Gasteiger charge is -2.16. The van der Waals surface area contributed by atoms with Crippen molar-refractivity contribution in [2.24, 2.45) is 0 Å². The van der Waals surface area contributed by atoms with Crippen molar-refractivity contribution in [2.45, 2.75) is 12.3 Å². The number of amides is 2. The Labute approximate surface area is 116 Å². The van der Waals surface area contributed by atoms with Crippen molar-refractivity contribution in [2.75, 3.05) is 18.4 Å². The largest absolute Gasteiger partial charge is 0.324 e. The summed E-state index contributed by atoms with van der Waals surface area (Å²) in [5.41, 5.74) is 1.33. The third-order valence-electron chi connectivity index (χ3n) is 3.50. The van der Waals surface area contributed by atoms with Crippen molar-refractivity contribution in [3.63, 3.8) is 0 Å². The fourth-order valence-corrected chi connectivity index (χ4v) is 3.08. The number of anilines is 1. The van der Waals surface area contributed by atoms with Gasteiger partial charge in [0.2, 0.25) is 0 Å². The van der Waals surface area contributed by atoms with Crippen LogP contribution in [0.25, 0.3) is 0 Å². The first-order chi connectivity index (χ1) is 9.33. The summed E-state index contributed by atoms with van der Waals surface area (Å²) in [4.78, 5) is 14.0. The second-order valence-corrected chi connectivity index (χ2v) is 5.70. The zero-order valence-electron chi connectivity index (χ0n) is 10.6. The average Bonchev–Trinajstić information content (AvgIpc) is 3.10. The molecule has 1 N–H and O–H groups in total. The second-order valence-electron chi connectivity index (χ2n) is 4.75. The molecule has 0 saturated carbocycles. The first-order valence-electron chi connectivity index (χ1n) is 6.47. The summed E-state index contributed by atoms with van der Waals surface area (Å²) in [6.45, 7) is 1.64. The Balaban J connectivity index is 1.61. The van der Waals surface area contributed by atoms with E-state index in [2.05, 4.69) is 29.6 Å². The van der Waals surface area contributed by atoms with Crippen molar-refractivity contribution in [3.05, 3.63) is 53.4 Å². The normalized spacial score (nSPS) is 18.5. The smallest absolute Gasteiger partial charge is 0.322 e. The molecule has 2 amide bonds. The molecule has 1 aromatic heterocycles. The van der Waals surface area contributed by atoms with E-state index in [9.17, 15) is 4.79 Å². The maximum absolute atomic E-state index is 12.1. The van der Waals surface area contributed by atoms with Crippen LogP contribution >= 0.6 is 11.3 Å². The van der Waals surface area contributed by atoms with E-state index in [1.165, 1.54) is 5.56 Å². The number of nitrogens with one attached hydrogen (secondary N) is 1. The van der Waals surface area contributed by atoms with E-state index in [0.29, 0.717) is 5.92 Å². The van der Waals surface area contributed by atoms with E-state index in [-0.39, 0.29) is 6.03 Å². The molecule has 1 aliphatic rings. The molecule has 1 saturated heterocycles. The molecule has 2 aromatic rings. The highest BCUT2D eigenvalue weighted by molar-refractivity contribution is 7.14. The number of nitrogens with zero attached hydrogens (tertiary/aromatic N) is 1. The number of thiophene rings is 1. The Morgan fingerprint density at radius 1 is 1.21 bits per heavy atom. The van der Waals surface area contributed by atoms with Crippen LogP contribution in [0.5, 0.6) is 0 Å². The number of hydrogen-bond acceptors (Lipinski definition) is 2. The molecule has 1 aromatic carbocycles. The molecule has 0 spiro atoms. The van der Waals surface area contributed by atoms with Crippen LogP contribution in [0, 0.1) is 0 Å². The van der Waals surface area contributed by atoms with Crippen molar-refractivity contribution < 1.29 is 4.79 Å². The van der Waals surface area contributed by atoms with Gasteiger partial charge in [-0.25, -0.2) is 4.79 Å². The molecule has 1 aliphatic heterocycles. The summed E-state index contributed by atoms with van der Waals surface area (Å²) in [7, 11) is 0. The van der Waals surface area contributed by atoms with Crippen LogP contribution in [0.15, 0.2) is 47.8 Å². The molecule has 2 heterocycles. The van der Waals surface area contributed by atoms with Gasteiger partial charge in [0, 0.05) is 19.0 Å². The summed E-state index contributed by atoms with van der Waals surface area (Å²) >= 11 is 1.55. The zero-order valence-corrected chi connectivity index (χ0v) is 11.4. The molecule has 0 unspecified atom stereocenters. The van der Waals surface area contributed by atoms with Crippen LogP contribution in [-0.2, 0) is 0 Å². The number of likely N-dealkylation sites (tertiary alicyclic amines) is 1. The highest BCUT2D eigenvalue weighted by Gasteiger charge is 2.27. The van der Waals surface area contributed by atoms with E-state index >= 15 is 0 Å². The first-order valence-corrected chi connectivity index (χ1v) is 7.35. The Morgan fingerprint density at radius 2 is 2.05 bits per heavy atom. The molecule has 4 heteroatoms. The molecule has 1 fully saturated rings. The number of carbonyl (C=O) groups excluding carboxylic acids is 1. The monoisotopic (exact) mass is 272 g/mol. The van der Waals surface area contributed by atoms with Gasteiger partial charge < -0.3 is 4.90 Å². The number of hydrogen-bond donors (Lipinski definition) is 1. The zero-order chi connectivity index (χ0) is 13.1. The lowest BCUT2D eigenvalue weighted by atomic mass is 9.99. The molecule has 0 aliphatic carbocycles. The van der Waals surface area contributed by atoms with Gasteiger partial charge in [-0.1, -0.05) is 30.3 Å². The number of urea groups is 1. The maximum atomic E-state index is 12.1. The van der Waals surface area contributed by atoms with Crippen LogP contribution in [0.2, 0.25) is 0 Å². The topological polar surface area (TPSA) is 32.3 Å². The first kappa shape index (κ1) is 12.2. The highest BCUT2D eigenvalue weighted by Crippen LogP contribution is 2.27. The van der Waals surface area contributed by atoms with Crippen molar-refractivity contribution in [1.29, 1.82) is 0 Å². The number of carbonyl (C=O) groups is 1. The second kappa shape index (κ2) is 5.45. The Bertz CT molecular complexity index is 539. The maximum Gasteiger partial charge on any atom is 0.322 e. The van der Waals surface area contributed by atoms with E-state index in [0.717, 1.165) is 24.5 Å². The Hall–Kier alpha value is -1.81. The third-order valence-corrected chi connectivity index (χ3v) is 4.28. The summed E-state index contributed by atoms with van der Waals surface area (Å²) in [6, 6.07) is 14.3. The molecular formula is C15H16N2OS. The molecule has 0 radical (unpaired) electrons. The van der Waals surface area contributed by atoms with Gasteiger partial charge in [-0.15, -0.1) is 11.3 Å². The molecule has 3 rings (SSSR count). The minimum atomic E-state index is 0.0147. The van der Waals surface area contributed by atoms with Crippen LogP contribution in [0.4, 0.5) is 9.80 Å². The SMILES string of the molecule is O=C(Nc1cccs1)N1CC[C@@H](c2ccccc2)C1. The Morgan fingerprint density at radius 3 is 2.79 bits per heavy atom. The van der Waals surface area contributed by atoms with Crippen molar-refractivity contribution >= 4 is 22.4 Å². The quantitative estimate of drug-likeness (QED) is 0.886. The predicted octanol–water partition coefficient (Wildman–Crippen LogP) is 3.77. The fraction of sp³-hybridized carbons (Fsp3) is 0.267. The van der Waals surface area contributed by atoms with E-state index in [1.807, 2.05) is 28.5 Å². The molecule has 0 bridgehead atoms. The third kappa shape index (κ3) is 2.79. The van der Waals surface area contributed by atoms with Gasteiger partial charge >= 0.3 is 6.03 Å². The standard InChI is InChI=1S/C15H16N2OS/c18-15(16-14-7-4-10-19-14)17-9-8-13(11-17)12-5-2-1-3-6-12/h1-7,10,13H,8-9,11H2,(H,16,18)/t13-/m1/s1. The van der Waals surface area contributed by atoms with Gasteiger partial charge in [-0.05, 0) is 29.5 Å². The van der Waals surface area contributed by atoms with E-state index in [4.69, 9.17) is 0 Å². The van der Waals surface area contributed by atoms with Gasteiger partial charge in [0.1, 0.15) is 0 Å². The van der Waals surface area contributed by atoms with Crippen LogP contribution in [-0.4, -0.2) is 24.0 Å². The van der Waals surface area contributed by atoms with Crippen LogP contribution in [0.3, 0.4) is 0 Å². The van der Waals surface area contributed by atoms with Gasteiger partial charge in [0.25, 0.3) is 0 Å².